The van der Waals surface area contributed by atoms with Gasteiger partial charge in [-0.3, -0.25) is 14.5 Å². The maximum absolute atomic E-state index is 12.8. The van der Waals surface area contributed by atoms with Crippen LogP contribution in [0.15, 0.2) is 57.7 Å². The molecule has 0 bridgehead atoms. The lowest BCUT2D eigenvalue weighted by atomic mass is 9.92. The molecule has 0 amide bonds. The molecule has 1 aromatic heterocycles. The Balaban J connectivity index is 1.35. The molecule has 0 spiro atoms. The van der Waals surface area contributed by atoms with Crippen molar-refractivity contribution in [2.45, 2.75) is 18.9 Å². The van der Waals surface area contributed by atoms with E-state index in [2.05, 4.69) is 9.80 Å². The van der Waals surface area contributed by atoms with Gasteiger partial charge in [0, 0.05) is 37.9 Å². The molecule has 2 aliphatic heterocycles. The van der Waals surface area contributed by atoms with Crippen LogP contribution in [0.25, 0.3) is 0 Å². The lowest BCUT2D eigenvalue weighted by Crippen LogP contribution is -2.46. The van der Waals surface area contributed by atoms with Crippen LogP contribution in [0, 0.1) is 0 Å². The van der Waals surface area contributed by atoms with Gasteiger partial charge in [0.2, 0.25) is 18.0 Å². The Kier molecular flexibility index (Phi) is 7.41. The molecule has 1 atom stereocenters. The summed E-state index contributed by atoms with van der Waals surface area (Å²) < 4.78 is 27.1. The highest BCUT2D eigenvalue weighted by Gasteiger charge is 2.29. The van der Waals surface area contributed by atoms with Gasteiger partial charge in [0.15, 0.2) is 17.3 Å². The largest absolute Gasteiger partial charge is 0.502 e. The summed E-state index contributed by atoms with van der Waals surface area (Å²) in [7, 11) is 2.94. The van der Waals surface area contributed by atoms with Gasteiger partial charge in [0.25, 0.3) is 0 Å². The normalized spacial score (nSPS) is 15.8. The van der Waals surface area contributed by atoms with Crippen LogP contribution < -0.4 is 24.5 Å². The molecule has 0 aliphatic carbocycles. The number of carbonyl (C=O) groups excluding carboxylic acids is 1. The molecule has 38 heavy (non-hydrogen) atoms. The van der Waals surface area contributed by atoms with Crippen LogP contribution in [-0.4, -0.2) is 63.2 Å². The Hall–Kier alpha value is -4.18. The van der Waals surface area contributed by atoms with Gasteiger partial charge in [-0.1, -0.05) is 6.07 Å². The van der Waals surface area contributed by atoms with Crippen molar-refractivity contribution in [3.63, 3.8) is 0 Å². The number of methoxy groups -OCH3 is 2. The summed E-state index contributed by atoms with van der Waals surface area (Å²) in [6.45, 7) is 3.64. The third-order valence-corrected chi connectivity index (χ3v) is 6.90. The van der Waals surface area contributed by atoms with Crippen molar-refractivity contribution < 1.29 is 33.3 Å². The van der Waals surface area contributed by atoms with E-state index in [0.29, 0.717) is 29.4 Å². The molecule has 200 valence electrons. The quantitative estimate of drug-likeness (QED) is 0.443. The maximum atomic E-state index is 12.8. The van der Waals surface area contributed by atoms with Crippen LogP contribution in [-0.2, 0) is 16.1 Å². The van der Waals surface area contributed by atoms with Crippen molar-refractivity contribution in [2.75, 3.05) is 52.1 Å². The summed E-state index contributed by atoms with van der Waals surface area (Å²) >= 11 is 0. The van der Waals surface area contributed by atoms with Crippen molar-refractivity contribution in [1.82, 2.24) is 4.90 Å². The standard InChI is InChI=1S/C28H30N2O8/c1-34-20-6-4-19(5-7-20)30-11-9-29(10-12-30)16-21-14-23(31)27(33)28(38-21)22(15-26(32)35-2)18-3-8-24-25(13-18)37-17-36-24/h3-8,13-14,22,33H,9-12,15-17H2,1-2H3. The molecular formula is C28H30N2O8. The van der Waals surface area contributed by atoms with Crippen molar-refractivity contribution in [2.24, 2.45) is 0 Å². The van der Waals surface area contributed by atoms with Gasteiger partial charge in [0.05, 0.1) is 33.1 Å². The molecule has 1 unspecified atom stereocenters. The van der Waals surface area contributed by atoms with E-state index < -0.39 is 23.1 Å². The molecule has 3 heterocycles. The lowest BCUT2D eigenvalue weighted by molar-refractivity contribution is -0.140. The van der Waals surface area contributed by atoms with E-state index in [1.807, 2.05) is 24.3 Å². The predicted octanol–water partition coefficient (Wildman–Crippen LogP) is 3.10. The summed E-state index contributed by atoms with van der Waals surface area (Å²) in [5.74, 6) is 0.571. The number of esters is 1. The van der Waals surface area contributed by atoms with E-state index >= 15 is 0 Å². The van der Waals surface area contributed by atoms with Gasteiger partial charge < -0.3 is 33.4 Å². The molecule has 1 fully saturated rings. The molecule has 2 aromatic carbocycles. The first-order valence-corrected chi connectivity index (χ1v) is 12.4. The molecule has 3 aromatic rings. The Morgan fingerprint density at radius 2 is 1.74 bits per heavy atom. The number of piperazine rings is 1. The zero-order valence-corrected chi connectivity index (χ0v) is 21.3. The summed E-state index contributed by atoms with van der Waals surface area (Å²) in [4.78, 5) is 29.5. The highest BCUT2D eigenvalue weighted by Crippen LogP contribution is 2.39. The number of fused-ring (bicyclic) bond motifs is 1. The van der Waals surface area contributed by atoms with Gasteiger partial charge in [-0.15, -0.1) is 0 Å². The van der Waals surface area contributed by atoms with Crippen molar-refractivity contribution in [3.05, 3.63) is 75.8 Å². The number of anilines is 1. The van der Waals surface area contributed by atoms with Crippen molar-refractivity contribution in [3.8, 4) is 23.0 Å². The van der Waals surface area contributed by atoms with E-state index in [0.717, 1.165) is 37.6 Å². The first kappa shape index (κ1) is 25.5. The van der Waals surface area contributed by atoms with E-state index in [1.165, 1.54) is 13.2 Å². The second-order valence-electron chi connectivity index (χ2n) is 9.20. The predicted molar refractivity (Wildman–Crippen MR) is 138 cm³/mol. The topological polar surface area (TPSA) is 111 Å². The number of ether oxygens (including phenoxy) is 4. The highest BCUT2D eigenvalue weighted by molar-refractivity contribution is 5.71. The molecule has 2 aliphatic rings. The molecule has 10 nitrogen and oxygen atoms in total. The number of rotatable bonds is 8. The Bertz CT molecular complexity index is 1350. The first-order valence-electron chi connectivity index (χ1n) is 12.4. The number of benzene rings is 2. The number of carbonyl (C=O) groups is 1. The van der Waals surface area contributed by atoms with Crippen LogP contribution >= 0.6 is 0 Å². The Morgan fingerprint density at radius 1 is 1.00 bits per heavy atom. The van der Waals surface area contributed by atoms with Gasteiger partial charge in [-0.2, -0.15) is 0 Å². The van der Waals surface area contributed by atoms with E-state index in [1.54, 1.807) is 25.3 Å². The van der Waals surface area contributed by atoms with Gasteiger partial charge in [-0.25, -0.2) is 0 Å². The van der Waals surface area contributed by atoms with E-state index in [-0.39, 0.29) is 19.0 Å². The minimum Gasteiger partial charge on any atom is -0.502 e. The Morgan fingerprint density at radius 3 is 2.45 bits per heavy atom. The van der Waals surface area contributed by atoms with Crippen LogP contribution in [0.1, 0.15) is 29.4 Å². The molecule has 5 rings (SSSR count). The minimum atomic E-state index is -0.753. The smallest absolute Gasteiger partial charge is 0.306 e. The van der Waals surface area contributed by atoms with Crippen LogP contribution in [0.2, 0.25) is 0 Å². The monoisotopic (exact) mass is 522 g/mol. The number of hydrogen-bond donors (Lipinski definition) is 1. The number of nitrogens with zero attached hydrogens (tertiary/aromatic N) is 2. The molecule has 0 saturated carbocycles. The number of aromatic hydroxyl groups is 1. The maximum Gasteiger partial charge on any atom is 0.306 e. The third kappa shape index (κ3) is 5.40. The summed E-state index contributed by atoms with van der Waals surface area (Å²) in [5, 5.41) is 10.7. The second kappa shape index (κ2) is 11.1. The third-order valence-electron chi connectivity index (χ3n) is 6.90. The number of hydrogen-bond acceptors (Lipinski definition) is 10. The fraction of sp³-hybridized carbons (Fsp3) is 0.357. The molecule has 10 heteroatoms. The van der Waals surface area contributed by atoms with Crippen LogP contribution in [0.5, 0.6) is 23.0 Å². The molecule has 0 radical (unpaired) electrons. The fourth-order valence-electron chi connectivity index (χ4n) is 4.79. The highest BCUT2D eigenvalue weighted by atomic mass is 16.7. The molecule has 1 N–H and O–H groups in total. The SMILES string of the molecule is COC(=O)CC(c1ccc2c(c1)OCO2)c1oc(CN2CCN(c3ccc(OC)cc3)CC2)cc(=O)c1O. The van der Waals surface area contributed by atoms with Crippen LogP contribution in [0.3, 0.4) is 0 Å². The average Bonchev–Trinajstić information content (AvgIpc) is 3.42. The molecule has 1 saturated heterocycles. The van der Waals surface area contributed by atoms with Crippen molar-refractivity contribution >= 4 is 11.7 Å². The molecular weight excluding hydrogens is 492 g/mol. The minimum absolute atomic E-state index is 0.0219. The van der Waals surface area contributed by atoms with Gasteiger partial charge >= 0.3 is 5.97 Å². The zero-order chi connectivity index (χ0) is 26.6. The van der Waals surface area contributed by atoms with E-state index in [9.17, 15) is 14.7 Å². The summed E-state index contributed by atoms with van der Waals surface area (Å²) in [6, 6.07) is 14.5. The zero-order valence-electron chi connectivity index (χ0n) is 21.3. The summed E-state index contributed by atoms with van der Waals surface area (Å²) in [5.41, 5.74) is 1.19. The first-order chi connectivity index (χ1) is 18.4. The van der Waals surface area contributed by atoms with Gasteiger partial charge in [-0.05, 0) is 42.0 Å². The van der Waals surface area contributed by atoms with E-state index in [4.69, 9.17) is 23.4 Å². The van der Waals surface area contributed by atoms with Crippen LogP contribution in [0.4, 0.5) is 5.69 Å². The van der Waals surface area contributed by atoms with Gasteiger partial charge in [0.1, 0.15) is 11.5 Å². The van der Waals surface area contributed by atoms with Crippen molar-refractivity contribution in [1.29, 1.82) is 0 Å². The Labute approximate surface area is 219 Å². The summed E-state index contributed by atoms with van der Waals surface area (Å²) in [6.07, 6.45) is -0.128. The lowest BCUT2D eigenvalue weighted by Gasteiger charge is -2.36. The second-order valence-corrected chi connectivity index (χ2v) is 9.20. The fourth-order valence-corrected chi connectivity index (χ4v) is 4.79. The average molecular weight is 523 g/mol.